The number of rotatable bonds is 11. The van der Waals surface area contributed by atoms with Crippen LogP contribution in [0.15, 0.2) is 42.5 Å². The van der Waals surface area contributed by atoms with Gasteiger partial charge in [-0.15, -0.1) is 11.6 Å². The first-order valence-electron chi connectivity index (χ1n) is 11.3. The highest BCUT2D eigenvalue weighted by Gasteiger charge is 2.24. The Morgan fingerprint density at radius 2 is 1.64 bits per heavy atom. The monoisotopic (exact) mass is 588 g/mol. The van der Waals surface area contributed by atoms with Crippen LogP contribution in [0.4, 0.5) is 0 Å². The fraction of sp³-hybridized carbons (Fsp3) is 0.520. The Kier molecular flexibility index (Phi) is 10.1. The summed E-state index contributed by atoms with van der Waals surface area (Å²) in [4.78, 5) is 2.26. The summed E-state index contributed by atoms with van der Waals surface area (Å²) in [6.45, 7) is 9.32. The molecule has 0 unspecified atom stereocenters. The average molecular weight is 589 g/mol. The van der Waals surface area contributed by atoms with E-state index in [1.807, 2.05) is 18.2 Å². The maximum Gasteiger partial charge on any atom is 0.132 e. The van der Waals surface area contributed by atoms with Gasteiger partial charge in [0.1, 0.15) is 36.9 Å². The Morgan fingerprint density at radius 1 is 1.00 bits per heavy atom. The number of nitrogens with one attached hydrogen (secondary N) is 1. The SMILES string of the molecule is CC(C)(c1ccc(OC[C@H](O)CN2CCNCC2)cc1)c1ccc(OC[C@@H](O)CCl)c(I)c1. The molecule has 6 nitrogen and oxygen atoms in total. The fourth-order valence-electron chi connectivity index (χ4n) is 3.81. The molecule has 1 fully saturated rings. The number of nitrogens with zero attached hydrogens (tertiary/aromatic N) is 1. The van der Waals surface area contributed by atoms with Crippen molar-refractivity contribution in [2.75, 3.05) is 51.8 Å². The first-order chi connectivity index (χ1) is 15.8. The van der Waals surface area contributed by atoms with Crippen molar-refractivity contribution in [3.63, 3.8) is 0 Å². The standard InChI is InChI=1S/C25H34ClIN2O4/c1-25(2,19-5-8-24(23(27)13-19)33-16-20(30)14-26)18-3-6-22(7-4-18)32-17-21(31)15-29-11-9-28-10-12-29/h3-8,13,20-21,28,30-31H,9-12,14-17H2,1-2H3/t20-,21+/m0/s1. The van der Waals surface area contributed by atoms with E-state index in [4.69, 9.17) is 21.1 Å². The highest BCUT2D eigenvalue weighted by molar-refractivity contribution is 14.1. The van der Waals surface area contributed by atoms with E-state index < -0.39 is 12.2 Å². The van der Waals surface area contributed by atoms with E-state index in [1.54, 1.807) is 0 Å². The molecule has 1 aliphatic rings. The number of β-amino-alcohol motifs (C(OH)–C–C–N with tert-alkyl or cyclic N) is 1. The lowest BCUT2D eigenvalue weighted by atomic mass is 9.78. The number of ether oxygens (including phenoxy) is 2. The molecule has 0 aliphatic carbocycles. The minimum Gasteiger partial charge on any atom is -0.491 e. The van der Waals surface area contributed by atoms with Crippen LogP contribution in [-0.2, 0) is 5.41 Å². The number of alkyl halides is 1. The van der Waals surface area contributed by atoms with Crippen LogP contribution in [0.25, 0.3) is 0 Å². The Balaban J connectivity index is 1.57. The number of piperazine rings is 1. The summed E-state index contributed by atoms with van der Waals surface area (Å²) in [5.41, 5.74) is 2.12. The molecule has 1 aliphatic heterocycles. The summed E-state index contributed by atoms with van der Waals surface area (Å²) < 4.78 is 12.5. The smallest absolute Gasteiger partial charge is 0.132 e. The molecule has 2 atom stereocenters. The van der Waals surface area contributed by atoms with Crippen LogP contribution in [0.3, 0.4) is 0 Å². The number of aliphatic hydroxyl groups excluding tert-OH is 2. The summed E-state index contributed by atoms with van der Waals surface area (Å²) in [6.07, 6.45) is -1.19. The Morgan fingerprint density at radius 3 is 2.27 bits per heavy atom. The highest BCUT2D eigenvalue weighted by atomic mass is 127. The largest absolute Gasteiger partial charge is 0.491 e. The number of hydrogen-bond donors (Lipinski definition) is 3. The minimum absolute atomic E-state index is 0.149. The summed E-state index contributed by atoms with van der Waals surface area (Å²) in [5.74, 6) is 1.64. The summed E-state index contributed by atoms with van der Waals surface area (Å²) in [7, 11) is 0. The summed E-state index contributed by atoms with van der Waals surface area (Å²) >= 11 is 7.90. The number of benzene rings is 2. The number of halogens is 2. The molecule has 0 saturated carbocycles. The second-order valence-corrected chi connectivity index (χ2v) is 10.4. The zero-order chi connectivity index (χ0) is 23.8. The molecule has 182 valence electrons. The van der Waals surface area contributed by atoms with Crippen LogP contribution in [0.1, 0.15) is 25.0 Å². The molecule has 2 aromatic rings. The van der Waals surface area contributed by atoms with Crippen molar-refractivity contribution in [2.24, 2.45) is 0 Å². The highest BCUT2D eigenvalue weighted by Crippen LogP contribution is 2.35. The Bertz CT molecular complexity index is 875. The van der Waals surface area contributed by atoms with Crippen molar-refractivity contribution in [1.29, 1.82) is 0 Å². The molecule has 0 amide bonds. The van der Waals surface area contributed by atoms with E-state index in [2.05, 4.69) is 70.9 Å². The molecule has 3 rings (SSSR count). The van der Waals surface area contributed by atoms with E-state index in [1.165, 1.54) is 5.56 Å². The third-order valence-corrected chi connectivity index (χ3v) is 7.16. The van der Waals surface area contributed by atoms with Crippen molar-refractivity contribution < 1.29 is 19.7 Å². The quantitative estimate of drug-likeness (QED) is 0.277. The minimum atomic E-state index is -0.678. The van der Waals surface area contributed by atoms with Crippen LogP contribution in [0.2, 0.25) is 0 Å². The van der Waals surface area contributed by atoms with Crippen LogP contribution >= 0.6 is 34.2 Å². The van der Waals surface area contributed by atoms with Crippen molar-refractivity contribution in [1.82, 2.24) is 10.2 Å². The van der Waals surface area contributed by atoms with Gasteiger partial charge in [0.25, 0.3) is 0 Å². The average Bonchev–Trinajstić information content (AvgIpc) is 2.82. The maximum absolute atomic E-state index is 10.3. The first kappa shape index (κ1) is 26.5. The van der Waals surface area contributed by atoms with Gasteiger partial charge in [0.05, 0.1) is 9.45 Å². The Hall–Kier alpha value is -1.10. The first-order valence-corrected chi connectivity index (χ1v) is 12.9. The number of hydrogen-bond acceptors (Lipinski definition) is 6. The molecular formula is C25H34ClIN2O4. The normalized spacial score (nSPS) is 16.9. The van der Waals surface area contributed by atoms with Crippen molar-refractivity contribution in [3.8, 4) is 11.5 Å². The van der Waals surface area contributed by atoms with Crippen molar-refractivity contribution in [3.05, 3.63) is 57.2 Å². The molecule has 8 heteroatoms. The van der Waals surface area contributed by atoms with E-state index in [-0.39, 0.29) is 24.5 Å². The van der Waals surface area contributed by atoms with E-state index in [9.17, 15) is 10.2 Å². The van der Waals surface area contributed by atoms with E-state index >= 15 is 0 Å². The predicted octanol–water partition coefficient (Wildman–Crippen LogP) is 3.24. The van der Waals surface area contributed by atoms with Crippen LogP contribution in [0.5, 0.6) is 11.5 Å². The van der Waals surface area contributed by atoms with Gasteiger partial charge in [-0.2, -0.15) is 0 Å². The lowest BCUT2D eigenvalue weighted by Gasteiger charge is -2.29. The van der Waals surface area contributed by atoms with Gasteiger partial charge in [-0.25, -0.2) is 0 Å². The van der Waals surface area contributed by atoms with Gasteiger partial charge in [-0.05, 0) is 58.0 Å². The van der Waals surface area contributed by atoms with Gasteiger partial charge in [0, 0.05) is 38.1 Å². The van der Waals surface area contributed by atoms with Gasteiger partial charge < -0.3 is 25.0 Å². The Labute approximate surface area is 215 Å². The molecule has 0 aromatic heterocycles. The number of aliphatic hydroxyl groups is 2. The molecule has 0 spiro atoms. The molecule has 33 heavy (non-hydrogen) atoms. The maximum atomic E-state index is 10.3. The summed E-state index contributed by atoms with van der Waals surface area (Å²) in [5, 5.41) is 23.2. The van der Waals surface area contributed by atoms with Crippen LogP contribution in [-0.4, -0.2) is 79.1 Å². The fourth-order valence-corrected chi connectivity index (χ4v) is 4.57. The molecule has 2 aromatic carbocycles. The topological polar surface area (TPSA) is 74.2 Å². The van der Waals surface area contributed by atoms with Crippen LogP contribution < -0.4 is 14.8 Å². The second-order valence-electron chi connectivity index (χ2n) is 8.93. The van der Waals surface area contributed by atoms with Gasteiger partial charge >= 0.3 is 0 Å². The van der Waals surface area contributed by atoms with Crippen molar-refractivity contribution in [2.45, 2.75) is 31.5 Å². The second kappa shape index (κ2) is 12.6. The van der Waals surface area contributed by atoms with Crippen LogP contribution in [0, 0.1) is 3.57 Å². The zero-order valence-electron chi connectivity index (χ0n) is 19.3. The van der Waals surface area contributed by atoms with Gasteiger partial charge in [0.2, 0.25) is 0 Å². The molecule has 0 bridgehead atoms. The third-order valence-electron chi connectivity index (χ3n) is 5.96. The molecular weight excluding hydrogens is 555 g/mol. The zero-order valence-corrected chi connectivity index (χ0v) is 22.2. The van der Waals surface area contributed by atoms with Gasteiger partial charge in [-0.3, -0.25) is 4.90 Å². The van der Waals surface area contributed by atoms with Gasteiger partial charge in [0.15, 0.2) is 0 Å². The van der Waals surface area contributed by atoms with Crippen molar-refractivity contribution >= 4 is 34.2 Å². The van der Waals surface area contributed by atoms with E-state index in [0.717, 1.165) is 46.8 Å². The molecule has 3 N–H and O–H groups in total. The van der Waals surface area contributed by atoms with Gasteiger partial charge in [-0.1, -0.05) is 32.0 Å². The lowest BCUT2D eigenvalue weighted by Crippen LogP contribution is -2.47. The van der Waals surface area contributed by atoms with E-state index in [0.29, 0.717) is 6.54 Å². The molecule has 1 saturated heterocycles. The molecule has 0 radical (unpaired) electrons. The predicted molar refractivity (Wildman–Crippen MR) is 141 cm³/mol. The third kappa shape index (κ3) is 7.70. The molecule has 1 heterocycles. The lowest BCUT2D eigenvalue weighted by molar-refractivity contribution is 0.0641. The summed E-state index contributed by atoms with van der Waals surface area (Å²) in [6, 6.07) is 14.2.